The number of hydrogen-bond donors (Lipinski definition) is 0. The predicted molar refractivity (Wildman–Crippen MR) is 81.1 cm³/mol. The fraction of sp³-hybridized carbons (Fsp3) is 0.267. The van der Waals surface area contributed by atoms with Crippen molar-refractivity contribution in [1.29, 1.82) is 0 Å². The summed E-state index contributed by atoms with van der Waals surface area (Å²) >= 11 is 0. The maximum atomic E-state index is 14.4. The average molecular weight is 302 g/mol. The van der Waals surface area contributed by atoms with Crippen LogP contribution in [0, 0.1) is 19.7 Å². The van der Waals surface area contributed by atoms with Crippen LogP contribution in [-0.2, 0) is 4.84 Å². The van der Waals surface area contributed by atoms with Crippen molar-refractivity contribution in [3.8, 4) is 5.69 Å². The van der Waals surface area contributed by atoms with E-state index in [2.05, 4.69) is 10.1 Å². The van der Waals surface area contributed by atoms with E-state index in [9.17, 15) is 9.18 Å². The Labute approximate surface area is 126 Å². The minimum absolute atomic E-state index is 0.231. The van der Waals surface area contributed by atoms with Gasteiger partial charge in [0.1, 0.15) is 24.6 Å². The monoisotopic (exact) mass is 302 g/mol. The zero-order valence-corrected chi connectivity index (χ0v) is 12.3. The number of anilines is 1. The molecule has 6 nitrogen and oxygen atoms in total. The highest BCUT2D eigenvalue weighted by molar-refractivity contribution is 5.79. The van der Waals surface area contributed by atoms with Crippen LogP contribution in [0.15, 0.2) is 34.2 Å². The molecule has 7 heteroatoms. The number of halogens is 1. The Morgan fingerprint density at radius 1 is 1.27 bits per heavy atom. The van der Waals surface area contributed by atoms with Crippen LogP contribution < -0.4 is 10.5 Å². The molecule has 0 saturated heterocycles. The van der Waals surface area contributed by atoms with Crippen LogP contribution in [0.5, 0.6) is 0 Å². The van der Waals surface area contributed by atoms with Crippen molar-refractivity contribution in [2.45, 2.75) is 13.8 Å². The van der Waals surface area contributed by atoms with Gasteiger partial charge in [-0.15, -0.1) is 0 Å². The average Bonchev–Trinajstić information content (AvgIpc) is 2.47. The molecule has 0 saturated carbocycles. The predicted octanol–water partition coefficient (Wildman–Crippen LogP) is 1.77. The first-order valence-electron chi connectivity index (χ1n) is 6.85. The van der Waals surface area contributed by atoms with Crippen LogP contribution in [0.1, 0.15) is 11.5 Å². The molecule has 0 N–H and O–H groups in total. The molecule has 22 heavy (non-hydrogen) atoms. The Kier molecular flexibility index (Phi) is 3.62. The molecule has 1 aromatic carbocycles. The standard InChI is InChI=1S/C15H15FN4O2/c1-10-7-15(21)20(11(2)18-10)12-3-4-14(13(16)8-12)19-5-6-22-17-9-19/h3-4,7-9H,5-6H2,1-2H3. The molecular formula is C15H15FN4O2. The van der Waals surface area contributed by atoms with Gasteiger partial charge in [-0.2, -0.15) is 0 Å². The normalized spacial score (nSPS) is 14.0. The van der Waals surface area contributed by atoms with Gasteiger partial charge in [-0.3, -0.25) is 9.36 Å². The van der Waals surface area contributed by atoms with Gasteiger partial charge >= 0.3 is 0 Å². The van der Waals surface area contributed by atoms with Crippen LogP contribution in [0.2, 0.25) is 0 Å². The van der Waals surface area contributed by atoms with Crippen molar-refractivity contribution < 1.29 is 9.23 Å². The topological polar surface area (TPSA) is 59.7 Å². The van der Waals surface area contributed by atoms with E-state index in [1.165, 1.54) is 23.0 Å². The fourth-order valence-corrected chi connectivity index (χ4v) is 2.44. The molecule has 1 aliphatic heterocycles. The van der Waals surface area contributed by atoms with E-state index in [4.69, 9.17) is 4.84 Å². The maximum absolute atomic E-state index is 14.4. The van der Waals surface area contributed by atoms with Crippen LogP contribution in [-0.4, -0.2) is 29.0 Å². The van der Waals surface area contributed by atoms with Gasteiger partial charge in [-0.05, 0) is 26.0 Å². The number of rotatable bonds is 2. The summed E-state index contributed by atoms with van der Waals surface area (Å²) in [6.45, 7) is 4.39. The second kappa shape index (κ2) is 5.59. The highest BCUT2D eigenvalue weighted by Crippen LogP contribution is 2.22. The molecule has 2 aromatic rings. The van der Waals surface area contributed by atoms with Gasteiger partial charge in [-0.1, -0.05) is 5.16 Å². The van der Waals surface area contributed by atoms with Crippen LogP contribution in [0.3, 0.4) is 0 Å². The fourth-order valence-electron chi connectivity index (χ4n) is 2.44. The van der Waals surface area contributed by atoms with Gasteiger partial charge in [0.05, 0.1) is 17.9 Å². The number of hydrogen-bond acceptors (Lipinski definition) is 5. The smallest absolute Gasteiger partial charge is 0.258 e. The number of oxime groups is 1. The molecule has 1 aliphatic rings. The summed E-state index contributed by atoms with van der Waals surface area (Å²) in [5.41, 5.74) is 1.24. The maximum Gasteiger partial charge on any atom is 0.258 e. The molecule has 0 radical (unpaired) electrons. The third-order valence-electron chi connectivity index (χ3n) is 3.40. The Bertz CT molecular complexity index is 801. The Morgan fingerprint density at radius 3 is 2.73 bits per heavy atom. The molecule has 1 aromatic heterocycles. The molecule has 0 spiro atoms. The van der Waals surface area contributed by atoms with E-state index in [1.807, 2.05) is 0 Å². The van der Waals surface area contributed by atoms with E-state index >= 15 is 0 Å². The number of nitrogens with zero attached hydrogens (tertiary/aromatic N) is 4. The van der Waals surface area contributed by atoms with E-state index < -0.39 is 5.82 Å². The molecule has 0 fully saturated rings. The van der Waals surface area contributed by atoms with Gasteiger partial charge in [0.15, 0.2) is 0 Å². The lowest BCUT2D eigenvalue weighted by Crippen LogP contribution is -2.30. The van der Waals surface area contributed by atoms with Crippen molar-refractivity contribution in [3.63, 3.8) is 0 Å². The number of aromatic nitrogens is 2. The Balaban J connectivity index is 2.04. The summed E-state index contributed by atoms with van der Waals surface area (Å²) in [7, 11) is 0. The molecule has 2 heterocycles. The number of benzene rings is 1. The van der Waals surface area contributed by atoms with Crippen LogP contribution in [0.4, 0.5) is 10.1 Å². The third kappa shape index (κ3) is 2.57. The lowest BCUT2D eigenvalue weighted by Gasteiger charge is -2.22. The van der Waals surface area contributed by atoms with Gasteiger partial charge in [0, 0.05) is 17.8 Å². The third-order valence-corrected chi connectivity index (χ3v) is 3.40. The minimum Gasteiger partial charge on any atom is -0.393 e. The number of aryl methyl sites for hydroxylation is 2. The van der Waals surface area contributed by atoms with E-state index in [-0.39, 0.29) is 5.56 Å². The molecule has 0 atom stereocenters. The molecule has 0 bridgehead atoms. The summed E-state index contributed by atoms with van der Waals surface area (Å²) in [6, 6.07) is 6.05. The van der Waals surface area contributed by atoms with Crippen molar-refractivity contribution in [1.82, 2.24) is 9.55 Å². The summed E-state index contributed by atoms with van der Waals surface area (Å²) < 4.78 is 15.8. The van der Waals surface area contributed by atoms with Crippen molar-refractivity contribution in [2.24, 2.45) is 5.16 Å². The van der Waals surface area contributed by atoms with Crippen LogP contribution >= 0.6 is 0 Å². The summed E-state index contributed by atoms with van der Waals surface area (Å²) in [4.78, 5) is 22.9. The molecular weight excluding hydrogens is 287 g/mol. The molecule has 0 unspecified atom stereocenters. The van der Waals surface area contributed by atoms with Gasteiger partial charge < -0.3 is 9.74 Å². The highest BCUT2D eigenvalue weighted by Gasteiger charge is 2.15. The van der Waals surface area contributed by atoms with Crippen molar-refractivity contribution >= 4 is 12.0 Å². The highest BCUT2D eigenvalue weighted by atomic mass is 19.1. The van der Waals surface area contributed by atoms with E-state index in [1.54, 1.807) is 30.9 Å². The Morgan fingerprint density at radius 2 is 2.09 bits per heavy atom. The molecule has 0 aliphatic carbocycles. The second-order valence-corrected chi connectivity index (χ2v) is 5.00. The van der Waals surface area contributed by atoms with E-state index in [0.717, 1.165) is 0 Å². The summed E-state index contributed by atoms with van der Waals surface area (Å²) in [5.74, 6) is 0.0859. The first-order chi connectivity index (χ1) is 10.6. The summed E-state index contributed by atoms with van der Waals surface area (Å²) in [5, 5.41) is 3.66. The quantitative estimate of drug-likeness (QED) is 0.848. The minimum atomic E-state index is -0.433. The molecule has 114 valence electrons. The lowest BCUT2D eigenvalue weighted by molar-refractivity contribution is 0.144. The van der Waals surface area contributed by atoms with Crippen molar-refractivity contribution in [3.05, 3.63) is 52.0 Å². The first-order valence-corrected chi connectivity index (χ1v) is 6.85. The molecule has 0 amide bonds. The van der Waals surface area contributed by atoms with Gasteiger partial charge in [0.2, 0.25) is 0 Å². The zero-order chi connectivity index (χ0) is 15.7. The largest absolute Gasteiger partial charge is 0.393 e. The van der Waals surface area contributed by atoms with Gasteiger partial charge in [0.25, 0.3) is 5.56 Å². The van der Waals surface area contributed by atoms with Crippen LogP contribution in [0.25, 0.3) is 5.69 Å². The Hall–Kier alpha value is -2.70. The lowest BCUT2D eigenvalue weighted by atomic mass is 10.2. The SMILES string of the molecule is Cc1cc(=O)n(-c2ccc(N3C=NOCC3)c(F)c2)c(C)n1. The second-order valence-electron chi connectivity index (χ2n) is 5.00. The van der Waals surface area contributed by atoms with E-state index in [0.29, 0.717) is 36.0 Å². The molecule has 3 rings (SSSR count). The van der Waals surface area contributed by atoms with Crippen molar-refractivity contribution in [2.75, 3.05) is 18.1 Å². The van der Waals surface area contributed by atoms with Gasteiger partial charge in [-0.25, -0.2) is 9.37 Å². The first kappa shape index (κ1) is 14.2. The zero-order valence-electron chi connectivity index (χ0n) is 12.3. The summed E-state index contributed by atoms with van der Waals surface area (Å²) in [6.07, 6.45) is 1.44.